The van der Waals surface area contributed by atoms with Gasteiger partial charge in [-0.05, 0) is 17.7 Å². The molecule has 0 saturated heterocycles. The van der Waals surface area contributed by atoms with Gasteiger partial charge in [-0.1, -0.05) is 50.7 Å². The average molecular weight is 339 g/mol. The third-order valence-electron chi connectivity index (χ3n) is 1.44. The molecular weight excluding hydrogens is 331 g/mol. The van der Waals surface area contributed by atoms with Crippen LogP contribution in [0.1, 0.15) is 5.56 Å². The van der Waals surface area contributed by atoms with E-state index in [9.17, 15) is 4.79 Å². The highest BCUT2D eigenvalue weighted by atomic mass is 127. The Balaban J connectivity index is 2.69. The smallest absolute Gasteiger partial charge is 0.146 e. The van der Waals surface area contributed by atoms with E-state index in [1.807, 2.05) is 24.3 Å². The van der Waals surface area contributed by atoms with Crippen molar-refractivity contribution < 1.29 is 4.79 Å². The Hall–Kier alpha value is 0.1000. The standard InChI is InChI=1S/C9H8BrIO/c10-8-3-1-2-7(4-8)5-9(12)6-11/h1-4H,5-6H2. The Morgan fingerprint density at radius 2 is 2.25 bits per heavy atom. The fraction of sp³-hybridized carbons (Fsp3) is 0.222. The van der Waals surface area contributed by atoms with Gasteiger partial charge in [-0.15, -0.1) is 0 Å². The summed E-state index contributed by atoms with van der Waals surface area (Å²) in [5, 5.41) is 0. The van der Waals surface area contributed by atoms with Crippen molar-refractivity contribution in [1.29, 1.82) is 0 Å². The SMILES string of the molecule is O=C(CI)Cc1cccc(Br)c1. The summed E-state index contributed by atoms with van der Waals surface area (Å²) in [5.74, 6) is 0.272. The normalized spacial score (nSPS) is 9.83. The Bertz CT molecular complexity index is 286. The molecule has 1 aromatic rings. The van der Waals surface area contributed by atoms with Crippen molar-refractivity contribution in [3.05, 3.63) is 34.3 Å². The van der Waals surface area contributed by atoms with E-state index >= 15 is 0 Å². The second-order valence-electron chi connectivity index (χ2n) is 2.48. The number of alkyl halides is 1. The molecule has 0 aliphatic heterocycles. The Labute approximate surface area is 93.8 Å². The van der Waals surface area contributed by atoms with Gasteiger partial charge in [0, 0.05) is 10.9 Å². The molecule has 64 valence electrons. The molecule has 0 heterocycles. The summed E-state index contributed by atoms with van der Waals surface area (Å²) < 4.78 is 1.62. The largest absolute Gasteiger partial charge is 0.298 e. The van der Waals surface area contributed by atoms with Crippen molar-refractivity contribution in [3.8, 4) is 0 Å². The summed E-state index contributed by atoms with van der Waals surface area (Å²) in [6.45, 7) is 0. The number of hydrogen-bond acceptors (Lipinski definition) is 1. The van der Waals surface area contributed by atoms with Crippen LogP contribution in [0.25, 0.3) is 0 Å². The number of Topliss-reactive ketones (excluding diaryl/α,β-unsaturated/α-hetero) is 1. The van der Waals surface area contributed by atoms with Crippen LogP contribution in [0.15, 0.2) is 28.7 Å². The lowest BCUT2D eigenvalue weighted by Crippen LogP contribution is -2.02. The molecule has 0 aliphatic rings. The maximum atomic E-state index is 11.1. The molecular formula is C9H8BrIO. The van der Waals surface area contributed by atoms with Crippen LogP contribution in [-0.2, 0) is 11.2 Å². The monoisotopic (exact) mass is 338 g/mol. The summed E-state index contributed by atoms with van der Waals surface area (Å²) in [6.07, 6.45) is 0.544. The second kappa shape index (κ2) is 4.97. The van der Waals surface area contributed by atoms with Gasteiger partial charge in [0.25, 0.3) is 0 Å². The number of rotatable bonds is 3. The highest BCUT2D eigenvalue weighted by molar-refractivity contribution is 14.1. The van der Waals surface area contributed by atoms with Gasteiger partial charge in [0.2, 0.25) is 0 Å². The Morgan fingerprint density at radius 3 is 2.83 bits per heavy atom. The fourth-order valence-electron chi connectivity index (χ4n) is 0.922. The van der Waals surface area contributed by atoms with Crippen LogP contribution in [0, 0.1) is 0 Å². The van der Waals surface area contributed by atoms with Crippen LogP contribution < -0.4 is 0 Å². The zero-order valence-corrected chi connectivity index (χ0v) is 10.1. The van der Waals surface area contributed by atoms with Crippen LogP contribution >= 0.6 is 38.5 Å². The summed E-state index contributed by atoms with van der Waals surface area (Å²) in [4.78, 5) is 11.1. The summed E-state index contributed by atoms with van der Waals surface area (Å²) >= 11 is 5.45. The van der Waals surface area contributed by atoms with E-state index in [-0.39, 0.29) is 5.78 Å². The molecule has 12 heavy (non-hydrogen) atoms. The molecule has 0 amide bonds. The van der Waals surface area contributed by atoms with E-state index in [1.165, 1.54) is 0 Å². The van der Waals surface area contributed by atoms with E-state index in [2.05, 4.69) is 38.5 Å². The number of benzene rings is 1. The second-order valence-corrected chi connectivity index (χ2v) is 4.16. The van der Waals surface area contributed by atoms with Gasteiger partial charge >= 0.3 is 0 Å². The molecule has 0 spiro atoms. The molecule has 0 bridgehead atoms. The Morgan fingerprint density at radius 1 is 1.50 bits per heavy atom. The zero-order valence-electron chi connectivity index (χ0n) is 6.39. The van der Waals surface area contributed by atoms with Crippen LogP contribution in [0.3, 0.4) is 0 Å². The summed E-state index contributed by atoms with van der Waals surface area (Å²) in [5.41, 5.74) is 1.08. The number of halogens is 2. The molecule has 1 aromatic carbocycles. The van der Waals surface area contributed by atoms with Crippen LogP contribution in [0.5, 0.6) is 0 Å². The van der Waals surface area contributed by atoms with Crippen molar-refractivity contribution in [2.75, 3.05) is 4.43 Å². The molecule has 0 radical (unpaired) electrons. The van der Waals surface area contributed by atoms with Crippen molar-refractivity contribution >= 4 is 44.3 Å². The first-order valence-corrected chi connectivity index (χ1v) is 5.86. The number of ketones is 1. The quantitative estimate of drug-likeness (QED) is 0.611. The summed E-state index contributed by atoms with van der Waals surface area (Å²) in [6, 6.07) is 7.84. The van der Waals surface area contributed by atoms with Gasteiger partial charge in [0.15, 0.2) is 0 Å². The minimum atomic E-state index is 0.272. The first-order valence-electron chi connectivity index (χ1n) is 3.54. The van der Waals surface area contributed by atoms with Crippen molar-refractivity contribution in [2.45, 2.75) is 6.42 Å². The molecule has 0 saturated carbocycles. The minimum Gasteiger partial charge on any atom is -0.298 e. The van der Waals surface area contributed by atoms with E-state index in [4.69, 9.17) is 0 Å². The summed E-state index contributed by atoms with van der Waals surface area (Å²) in [7, 11) is 0. The molecule has 0 aliphatic carbocycles. The zero-order chi connectivity index (χ0) is 8.97. The van der Waals surface area contributed by atoms with Crippen molar-refractivity contribution in [1.82, 2.24) is 0 Å². The van der Waals surface area contributed by atoms with E-state index in [0.29, 0.717) is 10.8 Å². The maximum absolute atomic E-state index is 11.1. The minimum absolute atomic E-state index is 0.272. The molecule has 0 aromatic heterocycles. The molecule has 3 heteroatoms. The highest BCUT2D eigenvalue weighted by Gasteiger charge is 2.00. The van der Waals surface area contributed by atoms with Crippen LogP contribution in [0.4, 0.5) is 0 Å². The van der Waals surface area contributed by atoms with Crippen LogP contribution in [0.2, 0.25) is 0 Å². The van der Waals surface area contributed by atoms with Gasteiger partial charge in [0.1, 0.15) is 5.78 Å². The van der Waals surface area contributed by atoms with E-state index in [0.717, 1.165) is 10.0 Å². The average Bonchev–Trinajstić information content (AvgIpc) is 2.04. The van der Waals surface area contributed by atoms with Crippen molar-refractivity contribution in [3.63, 3.8) is 0 Å². The molecule has 0 atom stereocenters. The van der Waals surface area contributed by atoms with E-state index in [1.54, 1.807) is 0 Å². The van der Waals surface area contributed by atoms with Gasteiger partial charge in [-0.25, -0.2) is 0 Å². The lowest BCUT2D eigenvalue weighted by molar-refractivity contribution is -0.115. The van der Waals surface area contributed by atoms with Crippen LogP contribution in [-0.4, -0.2) is 10.2 Å². The van der Waals surface area contributed by atoms with Gasteiger partial charge in [-0.2, -0.15) is 0 Å². The number of carbonyl (C=O) groups excluding carboxylic acids is 1. The molecule has 0 N–H and O–H groups in total. The fourth-order valence-corrected chi connectivity index (χ4v) is 1.64. The van der Waals surface area contributed by atoms with Gasteiger partial charge in [-0.3, -0.25) is 4.79 Å². The highest BCUT2D eigenvalue weighted by Crippen LogP contribution is 2.12. The van der Waals surface area contributed by atoms with Gasteiger partial charge in [0.05, 0.1) is 4.43 Å². The lowest BCUT2D eigenvalue weighted by atomic mass is 10.1. The number of carbonyl (C=O) groups is 1. The molecule has 1 rings (SSSR count). The lowest BCUT2D eigenvalue weighted by Gasteiger charge is -1.98. The number of hydrogen-bond donors (Lipinski definition) is 0. The van der Waals surface area contributed by atoms with E-state index < -0.39 is 0 Å². The molecule has 0 unspecified atom stereocenters. The third kappa shape index (κ3) is 3.23. The Kier molecular flexibility index (Phi) is 4.21. The predicted octanol–water partition coefficient (Wildman–Crippen LogP) is 3.00. The third-order valence-corrected chi connectivity index (χ3v) is 2.78. The first kappa shape index (κ1) is 10.2. The predicted molar refractivity (Wildman–Crippen MR) is 61.7 cm³/mol. The molecule has 1 nitrogen and oxygen atoms in total. The maximum Gasteiger partial charge on any atom is 0.146 e. The molecule has 0 fully saturated rings. The van der Waals surface area contributed by atoms with Gasteiger partial charge < -0.3 is 0 Å². The van der Waals surface area contributed by atoms with Crippen molar-refractivity contribution in [2.24, 2.45) is 0 Å². The first-order chi connectivity index (χ1) is 5.72. The topological polar surface area (TPSA) is 17.1 Å².